The van der Waals surface area contributed by atoms with E-state index in [1.165, 1.54) is 16.2 Å². The van der Waals surface area contributed by atoms with Gasteiger partial charge in [-0.05, 0) is 59.3 Å². The zero-order chi connectivity index (χ0) is 24.6. The van der Waals surface area contributed by atoms with Gasteiger partial charge in [-0.15, -0.1) is 11.3 Å². The average molecular weight is 478 g/mol. The molecule has 0 spiro atoms. The predicted octanol–water partition coefficient (Wildman–Crippen LogP) is 5.69. The summed E-state index contributed by atoms with van der Waals surface area (Å²) in [4.78, 5) is 28.7. The van der Waals surface area contributed by atoms with Gasteiger partial charge in [0.05, 0.1) is 19.8 Å². The number of carbonyl (C=O) groups is 2. The fraction of sp³-hybridized carbons (Fsp3) is 0.259. The maximum atomic E-state index is 13.3. The van der Waals surface area contributed by atoms with E-state index in [2.05, 4.69) is 0 Å². The topological polar surface area (TPSA) is 76.1 Å². The third-order valence-corrected chi connectivity index (χ3v) is 6.81. The van der Waals surface area contributed by atoms with E-state index in [4.69, 9.17) is 9.47 Å². The highest BCUT2D eigenvalue weighted by Crippen LogP contribution is 2.44. The summed E-state index contributed by atoms with van der Waals surface area (Å²) in [6.07, 6.45) is 0. The van der Waals surface area contributed by atoms with Gasteiger partial charge in [-0.2, -0.15) is 0 Å². The van der Waals surface area contributed by atoms with Crippen LogP contribution in [0.5, 0.6) is 11.5 Å². The molecule has 0 radical (unpaired) electrons. The van der Waals surface area contributed by atoms with E-state index in [-0.39, 0.29) is 16.7 Å². The molecule has 2 heterocycles. The quantitative estimate of drug-likeness (QED) is 0.290. The molecule has 0 saturated carbocycles. The van der Waals surface area contributed by atoms with Gasteiger partial charge in [-0.1, -0.05) is 26.8 Å². The summed E-state index contributed by atoms with van der Waals surface area (Å²) in [6, 6.07) is 15.2. The van der Waals surface area contributed by atoms with Gasteiger partial charge in [-0.25, -0.2) is 0 Å². The molecule has 1 amide bonds. The molecule has 1 aliphatic rings. The Morgan fingerprint density at radius 2 is 1.71 bits per heavy atom. The second-order valence-corrected chi connectivity index (χ2v) is 10.0. The Labute approximate surface area is 203 Å². The number of Topliss-reactive ketones (excluding diaryl/α,β-unsaturated/α-hetero) is 1. The van der Waals surface area contributed by atoms with E-state index < -0.39 is 17.7 Å². The van der Waals surface area contributed by atoms with Gasteiger partial charge in [0.25, 0.3) is 11.7 Å². The highest BCUT2D eigenvalue weighted by atomic mass is 32.1. The van der Waals surface area contributed by atoms with E-state index in [9.17, 15) is 14.7 Å². The van der Waals surface area contributed by atoms with Crippen LogP contribution in [0.15, 0.2) is 65.6 Å². The number of amides is 1. The number of thiophene rings is 1. The summed E-state index contributed by atoms with van der Waals surface area (Å²) in [6.45, 7) is 6.13. The Kier molecular flexibility index (Phi) is 6.23. The molecule has 3 aromatic rings. The lowest BCUT2D eigenvalue weighted by Crippen LogP contribution is -2.29. The third kappa shape index (κ3) is 4.07. The van der Waals surface area contributed by atoms with Gasteiger partial charge in [-0.3, -0.25) is 14.5 Å². The van der Waals surface area contributed by atoms with Crippen molar-refractivity contribution in [1.29, 1.82) is 0 Å². The van der Waals surface area contributed by atoms with Gasteiger partial charge in [0, 0.05) is 21.7 Å². The van der Waals surface area contributed by atoms with Crippen LogP contribution in [0.25, 0.3) is 5.76 Å². The minimum Gasteiger partial charge on any atom is -0.507 e. The fourth-order valence-electron chi connectivity index (χ4n) is 4.15. The van der Waals surface area contributed by atoms with Crippen molar-refractivity contribution >= 4 is 34.5 Å². The zero-order valence-corrected chi connectivity index (χ0v) is 20.6. The number of ether oxygens (including phenoxy) is 2. The Morgan fingerprint density at radius 1 is 1.00 bits per heavy atom. The maximum absolute atomic E-state index is 13.3. The number of methoxy groups -OCH3 is 2. The van der Waals surface area contributed by atoms with Crippen LogP contribution in [-0.2, 0) is 15.0 Å². The molecule has 34 heavy (non-hydrogen) atoms. The van der Waals surface area contributed by atoms with Crippen LogP contribution in [0.2, 0.25) is 0 Å². The Balaban J connectivity index is 1.90. The van der Waals surface area contributed by atoms with Crippen molar-refractivity contribution in [3.05, 3.63) is 81.6 Å². The van der Waals surface area contributed by atoms with Crippen LogP contribution in [0, 0.1) is 0 Å². The molecule has 6 nitrogen and oxygen atoms in total. The summed E-state index contributed by atoms with van der Waals surface area (Å²) in [5.41, 5.74) is 1.69. The van der Waals surface area contributed by atoms with Gasteiger partial charge in [0.2, 0.25) is 0 Å². The number of benzene rings is 2. The van der Waals surface area contributed by atoms with Gasteiger partial charge in [0.1, 0.15) is 23.3 Å². The van der Waals surface area contributed by atoms with E-state index in [0.29, 0.717) is 22.7 Å². The number of hydrogen-bond acceptors (Lipinski definition) is 6. The van der Waals surface area contributed by atoms with Crippen molar-refractivity contribution < 1.29 is 24.2 Å². The molecule has 1 aromatic heterocycles. The molecule has 1 atom stereocenters. The van der Waals surface area contributed by atoms with Crippen LogP contribution in [-0.4, -0.2) is 31.0 Å². The minimum absolute atomic E-state index is 0.0632. The molecular weight excluding hydrogens is 450 g/mol. The van der Waals surface area contributed by atoms with Crippen molar-refractivity contribution in [2.75, 3.05) is 19.1 Å². The van der Waals surface area contributed by atoms with Crippen LogP contribution in [0.4, 0.5) is 5.69 Å². The first-order valence-corrected chi connectivity index (χ1v) is 11.7. The second-order valence-electron chi connectivity index (χ2n) is 9.05. The standard InChI is InChI=1S/C27H27NO5S/c1-27(2,3)19-15-16(8-13-20(19)33-5)24(29)22-23(21-7-6-14-34-21)28(26(31)25(22)30)17-9-11-18(32-4)12-10-17/h6-15,23,29H,1-5H3/b24-22-. The second kappa shape index (κ2) is 8.99. The molecule has 4 rings (SSSR count). The number of anilines is 1. The first kappa shape index (κ1) is 23.6. The molecule has 0 bridgehead atoms. The molecular formula is C27H27NO5S. The first-order valence-electron chi connectivity index (χ1n) is 10.8. The predicted molar refractivity (Wildman–Crippen MR) is 134 cm³/mol. The molecule has 2 aromatic carbocycles. The average Bonchev–Trinajstić information content (AvgIpc) is 3.44. The largest absolute Gasteiger partial charge is 0.507 e. The number of ketones is 1. The number of carbonyl (C=O) groups excluding carboxylic acids is 2. The van der Waals surface area contributed by atoms with Gasteiger partial charge in [0.15, 0.2) is 0 Å². The number of aliphatic hydroxyl groups excluding tert-OH is 1. The smallest absolute Gasteiger partial charge is 0.300 e. The van der Waals surface area contributed by atoms with Gasteiger partial charge < -0.3 is 14.6 Å². The zero-order valence-electron chi connectivity index (χ0n) is 19.8. The van der Waals surface area contributed by atoms with E-state index in [0.717, 1.165) is 10.4 Å². The number of nitrogens with zero attached hydrogens (tertiary/aromatic N) is 1. The molecule has 0 aliphatic carbocycles. The third-order valence-electron chi connectivity index (χ3n) is 5.89. The normalized spacial score (nSPS) is 17.8. The molecule has 176 valence electrons. The van der Waals surface area contributed by atoms with Crippen molar-refractivity contribution in [1.82, 2.24) is 0 Å². The van der Waals surface area contributed by atoms with Crippen molar-refractivity contribution in [3.63, 3.8) is 0 Å². The molecule has 1 unspecified atom stereocenters. The van der Waals surface area contributed by atoms with Crippen LogP contribution in [0.3, 0.4) is 0 Å². The Morgan fingerprint density at radius 3 is 2.26 bits per heavy atom. The van der Waals surface area contributed by atoms with E-state index in [1.54, 1.807) is 50.6 Å². The molecule has 1 N–H and O–H groups in total. The first-order chi connectivity index (χ1) is 16.2. The van der Waals surface area contributed by atoms with Crippen molar-refractivity contribution in [2.24, 2.45) is 0 Å². The highest BCUT2D eigenvalue weighted by molar-refractivity contribution is 7.10. The van der Waals surface area contributed by atoms with Crippen LogP contribution in [0.1, 0.15) is 42.8 Å². The van der Waals surface area contributed by atoms with Crippen LogP contribution < -0.4 is 14.4 Å². The summed E-state index contributed by atoms with van der Waals surface area (Å²) >= 11 is 1.42. The maximum Gasteiger partial charge on any atom is 0.300 e. The summed E-state index contributed by atoms with van der Waals surface area (Å²) in [7, 11) is 3.16. The molecule has 1 saturated heterocycles. The summed E-state index contributed by atoms with van der Waals surface area (Å²) in [5, 5.41) is 13.3. The summed E-state index contributed by atoms with van der Waals surface area (Å²) < 4.78 is 10.7. The van der Waals surface area contributed by atoms with E-state index in [1.807, 2.05) is 44.4 Å². The monoisotopic (exact) mass is 477 g/mol. The SMILES string of the molecule is COc1ccc(N2C(=O)C(=O)/C(=C(\O)c3ccc(OC)c(C(C)(C)C)c3)C2c2cccs2)cc1. The minimum atomic E-state index is -0.742. The number of hydrogen-bond donors (Lipinski definition) is 1. The Bertz CT molecular complexity index is 1250. The highest BCUT2D eigenvalue weighted by Gasteiger charge is 2.47. The lowest BCUT2D eigenvalue weighted by atomic mass is 9.84. The van der Waals surface area contributed by atoms with Crippen LogP contribution >= 0.6 is 11.3 Å². The van der Waals surface area contributed by atoms with Gasteiger partial charge >= 0.3 is 0 Å². The number of aliphatic hydroxyl groups is 1. The summed E-state index contributed by atoms with van der Waals surface area (Å²) in [5.74, 6) is -0.283. The molecule has 1 fully saturated rings. The van der Waals surface area contributed by atoms with E-state index >= 15 is 0 Å². The number of rotatable bonds is 5. The molecule has 7 heteroatoms. The molecule has 1 aliphatic heterocycles. The van der Waals surface area contributed by atoms with Crippen molar-refractivity contribution in [2.45, 2.75) is 32.2 Å². The van der Waals surface area contributed by atoms with Crippen molar-refractivity contribution in [3.8, 4) is 11.5 Å². The lowest BCUT2D eigenvalue weighted by molar-refractivity contribution is -0.132. The fourth-order valence-corrected chi connectivity index (χ4v) is 4.98. The Hall–Kier alpha value is -3.58. The lowest BCUT2D eigenvalue weighted by Gasteiger charge is -2.25.